The molecule has 0 radical (unpaired) electrons. The van der Waals surface area contributed by atoms with Gasteiger partial charge >= 0.3 is 0 Å². The standard InChI is InChI=1S/C32H40ClN3O4S/c1-8-29(31(38)34-32(5,6)7)35(20-25-11-9-10-23(3)18-25)30(37)21-36(26-15-14-24(4)28(33)19-26)41(39,40)27-16-12-22(2)13-17-27/h9-19,29H,8,20-21H2,1-7H3,(H,34,38)/t29-/m1/s1. The van der Waals surface area contributed by atoms with Crippen LogP contribution in [0.15, 0.2) is 71.6 Å². The Morgan fingerprint density at radius 2 is 1.59 bits per heavy atom. The predicted molar refractivity (Wildman–Crippen MR) is 166 cm³/mol. The maximum absolute atomic E-state index is 14.2. The minimum absolute atomic E-state index is 0.0512. The van der Waals surface area contributed by atoms with Gasteiger partial charge in [0.1, 0.15) is 12.6 Å². The van der Waals surface area contributed by atoms with Crippen molar-refractivity contribution in [2.24, 2.45) is 0 Å². The number of carbonyl (C=O) groups is 2. The molecule has 3 aromatic carbocycles. The predicted octanol–water partition coefficient (Wildman–Crippen LogP) is 6.18. The Bertz CT molecular complexity index is 1500. The Kier molecular flexibility index (Phi) is 10.3. The van der Waals surface area contributed by atoms with Crippen molar-refractivity contribution < 1.29 is 18.0 Å². The summed E-state index contributed by atoms with van der Waals surface area (Å²) >= 11 is 6.40. The Balaban J connectivity index is 2.10. The summed E-state index contributed by atoms with van der Waals surface area (Å²) < 4.78 is 29.1. The second kappa shape index (κ2) is 13.1. The SMILES string of the molecule is CC[C@H](C(=O)NC(C)(C)C)N(Cc1cccc(C)c1)C(=O)CN(c1ccc(C)c(Cl)c1)S(=O)(=O)c1ccc(C)cc1. The highest BCUT2D eigenvalue weighted by Gasteiger charge is 2.34. The molecule has 2 amide bonds. The maximum atomic E-state index is 14.2. The molecule has 1 atom stereocenters. The molecule has 0 aliphatic carbocycles. The van der Waals surface area contributed by atoms with Crippen molar-refractivity contribution in [3.63, 3.8) is 0 Å². The van der Waals surface area contributed by atoms with Crippen molar-refractivity contribution >= 4 is 39.1 Å². The number of rotatable bonds is 10. The maximum Gasteiger partial charge on any atom is 0.264 e. The molecule has 0 spiro atoms. The van der Waals surface area contributed by atoms with Crippen molar-refractivity contribution in [2.45, 2.75) is 77.9 Å². The van der Waals surface area contributed by atoms with Crippen LogP contribution in [-0.4, -0.2) is 43.3 Å². The van der Waals surface area contributed by atoms with Crippen LogP contribution in [0.2, 0.25) is 5.02 Å². The van der Waals surface area contributed by atoms with Gasteiger partial charge in [-0.25, -0.2) is 8.42 Å². The summed E-state index contributed by atoms with van der Waals surface area (Å²) in [7, 11) is -4.16. The second-order valence-electron chi connectivity index (χ2n) is 11.4. The zero-order chi connectivity index (χ0) is 30.5. The monoisotopic (exact) mass is 597 g/mol. The van der Waals surface area contributed by atoms with Gasteiger partial charge in [-0.15, -0.1) is 0 Å². The lowest BCUT2D eigenvalue weighted by atomic mass is 10.0. The van der Waals surface area contributed by atoms with Crippen molar-refractivity contribution in [3.05, 3.63) is 94.0 Å². The molecule has 3 aromatic rings. The zero-order valence-electron chi connectivity index (χ0n) is 24.9. The summed E-state index contributed by atoms with van der Waals surface area (Å²) in [6.45, 7) is 12.7. The highest BCUT2D eigenvalue weighted by atomic mass is 35.5. The summed E-state index contributed by atoms with van der Waals surface area (Å²) in [6, 6.07) is 18.2. The fourth-order valence-corrected chi connectivity index (χ4v) is 6.06. The summed E-state index contributed by atoms with van der Waals surface area (Å²) in [5, 5.41) is 3.36. The van der Waals surface area contributed by atoms with Gasteiger partial charge in [0.2, 0.25) is 11.8 Å². The number of amides is 2. The first kappa shape index (κ1) is 32.2. The van der Waals surface area contributed by atoms with E-state index in [1.165, 1.54) is 17.0 Å². The van der Waals surface area contributed by atoms with Crippen LogP contribution in [-0.2, 0) is 26.2 Å². The van der Waals surface area contributed by atoms with Gasteiger partial charge < -0.3 is 10.2 Å². The highest BCUT2D eigenvalue weighted by molar-refractivity contribution is 7.92. The Hall–Kier alpha value is -3.36. The fourth-order valence-electron chi connectivity index (χ4n) is 4.48. The minimum Gasteiger partial charge on any atom is -0.350 e. The molecule has 0 saturated carbocycles. The van der Waals surface area contributed by atoms with E-state index in [4.69, 9.17) is 11.6 Å². The number of hydrogen-bond donors (Lipinski definition) is 1. The van der Waals surface area contributed by atoms with Crippen molar-refractivity contribution in [3.8, 4) is 0 Å². The molecule has 0 aliphatic heterocycles. The molecule has 0 fully saturated rings. The van der Waals surface area contributed by atoms with Gasteiger partial charge in [-0.05, 0) is 83.4 Å². The van der Waals surface area contributed by atoms with E-state index in [0.717, 1.165) is 26.6 Å². The first-order valence-corrected chi connectivity index (χ1v) is 15.5. The zero-order valence-corrected chi connectivity index (χ0v) is 26.4. The van der Waals surface area contributed by atoms with E-state index in [-0.39, 0.29) is 23.0 Å². The van der Waals surface area contributed by atoms with Crippen LogP contribution in [0.25, 0.3) is 0 Å². The van der Waals surface area contributed by atoms with Crippen LogP contribution in [0.3, 0.4) is 0 Å². The minimum atomic E-state index is -4.16. The number of nitrogens with one attached hydrogen (secondary N) is 1. The van der Waals surface area contributed by atoms with E-state index in [2.05, 4.69) is 5.32 Å². The molecule has 220 valence electrons. The molecule has 3 rings (SSSR count). The molecular formula is C32H40ClN3O4S. The molecule has 9 heteroatoms. The Morgan fingerprint density at radius 1 is 0.927 bits per heavy atom. The molecule has 1 N–H and O–H groups in total. The number of halogens is 1. The molecular weight excluding hydrogens is 558 g/mol. The van der Waals surface area contributed by atoms with Crippen LogP contribution < -0.4 is 9.62 Å². The van der Waals surface area contributed by atoms with Gasteiger partial charge in [-0.2, -0.15) is 0 Å². The van der Waals surface area contributed by atoms with Crippen LogP contribution in [0.1, 0.15) is 56.4 Å². The second-order valence-corrected chi connectivity index (χ2v) is 13.7. The van der Waals surface area contributed by atoms with Gasteiger partial charge in [0.25, 0.3) is 10.0 Å². The van der Waals surface area contributed by atoms with Crippen LogP contribution >= 0.6 is 11.6 Å². The number of aryl methyl sites for hydroxylation is 3. The fraction of sp³-hybridized carbons (Fsp3) is 0.375. The van der Waals surface area contributed by atoms with Crippen LogP contribution in [0, 0.1) is 20.8 Å². The van der Waals surface area contributed by atoms with Gasteiger partial charge in [0.15, 0.2) is 0 Å². The van der Waals surface area contributed by atoms with E-state index in [9.17, 15) is 18.0 Å². The number of benzene rings is 3. The molecule has 0 saturated heterocycles. The van der Waals surface area contributed by atoms with Gasteiger partial charge in [-0.3, -0.25) is 13.9 Å². The average Bonchev–Trinajstić information content (AvgIpc) is 2.88. The Morgan fingerprint density at radius 3 is 2.15 bits per heavy atom. The normalized spacial score (nSPS) is 12.5. The molecule has 41 heavy (non-hydrogen) atoms. The van der Waals surface area contributed by atoms with Crippen molar-refractivity contribution in [1.29, 1.82) is 0 Å². The van der Waals surface area contributed by atoms with Crippen molar-refractivity contribution in [2.75, 3.05) is 10.8 Å². The molecule has 0 unspecified atom stereocenters. The summed E-state index contributed by atoms with van der Waals surface area (Å²) in [4.78, 5) is 29.1. The molecule has 7 nitrogen and oxygen atoms in total. The number of sulfonamides is 1. The summed E-state index contributed by atoms with van der Waals surface area (Å²) in [5.74, 6) is -0.804. The lowest BCUT2D eigenvalue weighted by Gasteiger charge is -2.35. The number of carbonyl (C=O) groups excluding carboxylic acids is 2. The van der Waals surface area contributed by atoms with Gasteiger partial charge in [0.05, 0.1) is 10.6 Å². The topological polar surface area (TPSA) is 86.8 Å². The Labute approximate surface area is 249 Å². The van der Waals surface area contributed by atoms with E-state index in [1.807, 2.05) is 72.7 Å². The van der Waals surface area contributed by atoms with E-state index in [1.54, 1.807) is 30.3 Å². The average molecular weight is 598 g/mol. The number of hydrogen-bond acceptors (Lipinski definition) is 4. The van der Waals surface area contributed by atoms with Gasteiger partial charge in [-0.1, -0.05) is 72.1 Å². The van der Waals surface area contributed by atoms with E-state index >= 15 is 0 Å². The summed E-state index contributed by atoms with van der Waals surface area (Å²) in [5.41, 5.74) is 3.29. The largest absolute Gasteiger partial charge is 0.350 e. The molecule has 0 bridgehead atoms. The number of anilines is 1. The summed E-state index contributed by atoms with van der Waals surface area (Å²) in [6.07, 6.45) is 0.348. The lowest BCUT2D eigenvalue weighted by molar-refractivity contribution is -0.141. The van der Waals surface area contributed by atoms with Crippen LogP contribution in [0.5, 0.6) is 0 Å². The van der Waals surface area contributed by atoms with Crippen molar-refractivity contribution in [1.82, 2.24) is 10.2 Å². The highest BCUT2D eigenvalue weighted by Crippen LogP contribution is 2.29. The first-order valence-electron chi connectivity index (χ1n) is 13.6. The molecule has 0 aliphatic rings. The molecule has 0 heterocycles. The number of nitrogens with zero attached hydrogens (tertiary/aromatic N) is 2. The third-order valence-corrected chi connectivity index (χ3v) is 8.85. The third kappa shape index (κ3) is 8.33. The van der Waals surface area contributed by atoms with E-state index in [0.29, 0.717) is 11.4 Å². The smallest absolute Gasteiger partial charge is 0.264 e. The lowest BCUT2D eigenvalue weighted by Crippen LogP contribution is -2.55. The quantitative estimate of drug-likeness (QED) is 0.302. The van der Waals surface area contributed by atoms with E-state index < -0.39 is 34.1 Å². The molecule has 0 aromatic heterocycles. The van der Waals surface area contributed by atoms with Gasteiger partial charge in [0, 0.05) is 17.1 Å². The third-order valence-electron chi connectivity index (χ3n) is 6.65. The first-order chi connectivity index (χ1) is 19.1. The van der Waals surface area contributed by atoms with Crippen LogP contribution in [0.4, 0.5) is 5.69 Å².